The van der Waals surface area contributed by atoms with Crippen LogP contribution in [0.5, 0.6) is 11.5 Å². The molecule has 0 saturated carbocycles. The topological polar surface area (TPSA) is 83.5 Å². The molecular formula is C35H31N5O3S. The summed E-state index contributed by atoms with van der Waals surface area (Å²) in [6.45, 7) is 6.95. The van der Waals surface area contributed by atoms with Crippen molar-refractivity contribution < 1.29 is 9.47 Å². The highest BCUT2D eigenvalue weighted by Gasteiger charge is 2.14. The number of rotatable bonds is 12. The predicted octanol–water partition coefficient (Wildman–Crippen LogP) is 6.47. The second kappa shape index (κ2) is 13.4. The number of fused-ring (bicyclic) bond motifs is 1. The van der Waals surface area contributed by atoms with Gasteiger partial charge in [-0.2, -0.15) is 14.6 Å². The summed E-state index contributed by atoms with van der Waals surface area (Å²) in [5, 5.41) is 9.35. The molecule has 0 atom stereocenters. The van der Waals surface area contributed by atoms with Gasteiger partial charge in [-0.3, -0.25) is 4.79 Å². The number of nitrogens with zero attached hydrogens (tertiary/aromatic N) is 5. The van der Waals surface area contributed by atoms with Gasteiger partial charge in [0.15, 0.2) is 5.82 Å². The number of unbranched alkanes of at least 4 members (excludes halogenated alkanes) is 1. The molecule has 0 fully saturated rings. The van der Waals surface area contributed by atoms with Crippen LogP contribution in [0.25, 0.3) is 40.1 Å². The molecule has 3 aromatic heterocycles. The van der Waals surface area contributed by atoms with E-state index in [-0.39, 0.29) is 5.56 Å². The van der Waals surface area contributed by atoms with Gasteiger partial charge in [0.05, 0.1) is 16.8 Å². The van der Waals surface area contributed by atoms with Gasteiger partial charge in [0.25, 0.3) is 5.56 Å². The summed E-state index contributed by atoms with van der Waals surface area (Å²) in [6.07, 6.45) is 11.3. The second-order valence-electron chi connectivity index (χ2n) is 10.0. The monoisotopic (exact) mass is 601 g/mol. The lowest BCUT2D eigenvalue weighted by molar-refractivity contribution is 0.309. The van der Waals surface area contributed by atoms with E-state index in [1.165, 1.54) is 15.9 Å². The van der Waals surface area contributed by atoms with Crippen molar-refractivity contribution in [3.05, 3.63) is 130 Å². The molecule has 6 aromatic rings. The molecule has 3 heterocycles. The van der Waals surface area contributed by atoms with Crippen LogP contribution in [0.3, 0.4) is 0 Å². The van der Waals surface area contributed by atoms with Crippen molar-refractivity contribution in [1.82, 2.24) is 24.4 Å². The minimum atomic E-state index is -0.223. The minimum absolute atomic E-state index is 0.223. The van der Waals surface area contributed by atoms with Crippen molar-refractivity contribution in [2.24, 2.45) is 0 Å². The van der Waals surface area contributed by atoms with E-state index in [0.717, 1.165) is 52.4 Å². The van der Waals surface area contributed by atoms with Gasteiger partial charge in [0.1, 0.15) is 23.8 Å². The van der Waals surface area contributed by atoms with Gasteiger partial charge in [-0.05, 0) is 72.7 Å². The first-order chi connectivity index (χ1) is 21.6. The lowest BCUT2D eigenvalue weighted by Gasteiger charge is -2.06. The van der Waals surface area contributed by atoms with Gasteiger partial charge < -0.3 is 9.47 Å². The molecule has 0 radical (unpaired) electrons. The highest BCUT2D eigenvalue weighted by atomic mass is 32.1. The van der Waals surface area contributed by atoms with Crippen molar-refractivity contribution in [1.29, 1.82) is 0 Å². The van der Waals surface area contributed by atoms with Crippen LogP contribution in [-0.2, 0) is 0 Å². The maximum absolute atomic E-state index is 13.4. The zero-order valence-corrected chi connectivity index (χ0v) is 25.1. The Kier molecular flexibility index (Phi) is 8.75. The molecule has 6 rings (SSSR count). The van der Waals surface area contributed by atoms with Crippen LogP contribution in [-0.4, -0.2) is 37.6 Å². The molecule has 0 aliphatic carbocycles. The van der Waals surface area contributed by atoms with E-state index in [1.54, 1.807) is 12.2 Å². The van der Waals surface area contributed by atoms with Crippen molar-refractivity contribution in [2.75, 3.05) is 13.2 Å². The third-order valence-electron chi connectivity index (χ3n) is 6.82. The number of ether oxygens (including phenoxy) is 2. The first-order valence-corrected chi connectivity index (χ1v) is 15.2. The molecule has 0 bridgehead atoms. The van der Waals surface area contributed by atoms with E-state index < -0.39 is 0 Å². The van der Waals surface area contributed by atoms with E-state index in [2.05, 4.69) is 23.6 Å². The molecule has 0 aliphatic rings. The third kappa shape index (κ3) is 6.53. The predicted molar refractivity (Wildman–Crippen MR) is 176 cm³/mol. The van der Waals surface area contributed by atoms with E-state index >= 15 is 0 Å². The molecule has 0 N–H and O–H groups in total. The Hall–Kier alpha value is -5.28. The molecule has 0 unspecified atom stereocenters. The Morgan fingerprint density at radius 1 is 0.909 bits per heavy atom. The normalized spacial score (nSPS) is 11.9. The highest BCUT2D eigenvalue weighted by Crippen LogP contribution is 2.27. The Balaban J connectivity index is 1.30. The van der Waals surface area contributed by atoms with Crippen molar-refractivity contribution in [3.63, 3.8) is 0 Å². The Bertz CT molecular complexity index is 2010. The van der Waals surface area contributed by atoms with E-state index in [4.69, 9.17) is 14.6 Å². The van der Waals surface area contributed by atoms with Crippen LogP contribution >= 0.6 is 11.3 Å². The van der Waals surface area contributed by atoms with E-state index in [9.17, 15) is 4.79 Å². The van der Waals surface area contributed by atoms with E-state index in [0.29, 0.717) is 28.5 Å². The summed E-state index contributed by atoms with van der Waals surface area (Å²) < 4.78 is 15.1. The van der Waals surface area contributed by atoms with Gasteiger partial charge in [-0.25, -0.2) is 4.68 Å². The van der Waals surface area contributed by atoms with Crippen LogP contribution in [0.2, 0.25) is 0 Å². The number of thiazole rings is 1. The molecule has 220 valence electrons. The van der Waals surface area contributed by atoms with E-state index in [1.807, 2.05) is 102 Å². The van der Waals surface area contributed by atoms with Gasteiger partial charge in [0, 0.05) is 17.3 Å². The van der Waals surface area contributed by atoms with Crippen LogP contribution < -0.4 is 19.6 Å². The molecule has 0 spiro atoms. The van der Waals surface area contributed by atoms with Crippen LogP contribution in [0, 0.1) is 0 Å². The maximum atomic E-state index is 13.4. The molecule has 0 amide bonds. The maximum Gasteiger partial charge on any atom is 0.291 e. The lowest BCUT2D eigenvalue weighted by Crippen LogP contribution is -2.23. The van der Waals surface area contributed by atoms with Gasteiger partial charge in [-0.1, -0.05) is 73.7 Å². The average Bonchev–Trinajstić information content (AvgIpc) is 3.75. The fourth-order valence-corrected chi connectivity index (χ4v) is 5.44. The van der Waals surface area contributed by atoms with Crippen LogP contribution in [0.15, 0.2) is 103 Å². The van der Waals surface area contributed by atoms with Gasteiger partial charge in [-0.15, -0.1) is 5.10 Å². The first kappa shape index (κ1) is 28.8. The fourth-order valence-electron chi connectivity index (χ4n) is 4.54. The van der Waals surface area contributed by atoms with Gasteiger partial charge in [0.2, 0.25) is 4.96 Å². The Labute approximate surface area is 258 Å². The Morgan fingerprint density at radius 3 is 2.39 bits per heavy atom. The summed E-state index contributed by atoms with van der Waals surface area (Å²) in [7, 11) is 0. The number of benzene rings is 3. The summed E-state index contributed by atoms with van der Waals surface area (Å²) in [5.74, 6) is 2.06. The fraction of sp³-hybridized carbons (Fsp3) is 0.143. The molecule has 0 saturated heterocycles. The standard InChI is InChI=1S/C35H31N5O3S/c1-3-5-22-43-30-18-14-26(15-19-30)33-27(24-39(38-33)28-9-7-6-8-10-28)23-31-34(41)40-35(44-31)36-32(37-40)20-13-25-11-16-29(17-12-25)42-21-4-2/h4,6-20,23-24H,2-3,5,21-22H2,1H3/b20-13+,31-23-. The molecule has 9 heteroatoms. The average molecular weight is 602 g/mol. The second-order valence-corrected chi connectivity index (χ2v) is 11.0. The smallest absolute Gasteiger partial charge is 0.291 e. The molecule has 3 aromatic carbocycles. The summed E-state index contributed by atoms with van der Waals surface area (Å²) in [5.41, 5.74) is 4.17. The quantitative estimate of drug-likeness (QED) is 0.118. The molecule has 0 aliphatic heterocycles. The summed E-state index contributed by atoms with van der Waals surface area (Å²) in [4.78, 5) is 18.5. The van der Waals surface area contributed by atoms with Crippen molar-refractivity contribution in [3.8, 4) is 28.4 Å². The minimum Gasteiger partial charge on any atom is -0.494 e. The number of hydrogen-bond acceptors (Lipinski definition) is 7. The number of aromatic nitrogens is 5. The molecule has 44 heavy (non-hydrogen) atoms. The Morgan fingerprint density at radius 2 is 1.66 bits per heavy atom. The number of hydrogen-bond donors (Lipinski definition) is 0. The van der Waals surface area contributed by atoms with Gasteiger partial charge >= 0.3 is 0 Å². The molecule has 8 nitrogen and oxygen atoms in total. The largest absolute Gasteiger partial charge is 0.494 e. The summed E-state index contributed by atoms with van der Waals surface area (Å²) in [6, 6.07) is 25.5. The highest BCUT2D eigenvalue weighted by molar-refractivity contribution is 7.15. The van der Waals surface area contributed by atoms with Crippen molar-refractivity contribution >= 4 is 34.5 Å². The third-order valence-corrected chi connectivity index (χ3v) is 7.77. The molecular weight excluding hydrogens is 570 g/mol. The zero-order chi connectivity index (χ0) is 30.3. The van der Waals surface area contributed by atoms with Crippen LogP contribution in [0.4, 0.5) is 0 Å². The summed E-state index contributed by atoms with van der Waals surface area (Å²) >= 11 is 1.30. The zero-order valence-electron chi connectivity index (χ0n) is 24.3. The number of para-hydroxylation sites is 1. The SMILES string of the molecule is C=CCOc1ccc(/C=C/c2nc3s/c(=C\c4cn(-c5ccccc5)nc4-c4ccc(OCCCC)cc4)c(=O)n3n2)cc1. The van der Waals surface area contributed by atoms with Crippen LogP contribution in [0.1, 0.15) is 36.7 Å². The first-order valence-electron chi connectivity index (χ1n) is 14.4. The van der Waals surface area contributed by atoms with Crippen molar-refractivity contribution in [2.45, 2.75) is 19.8 Å². The lowest BCUT2D eigenvalue weighted by atomic mass is 10.1.